The van der Waals surface area contributed by atoms with Gasteiger partial charge in [-0.15, -0.1) is 0 Å². The van der Waals surface area contributed by atoms with Gasteiger partial charge in [-0.25, -0.2) is 4.90 Å². The third-order valence-electron chi connectivity index (χ3n) is 1.84. The highest BCUT2D eigenvalue weighted by Gasteiger charge is 2.28. The zero-order valence-electron chi connectivity index (χ0n) is 8.32. The predicted molar refractivity (Wildman–Crippen MR) is 51.2 cm³/mol. The molecule has 1 fully saturated rings. The molecule has 2 amide bonds. The predicted octanol–water partition coefficient (Wildman–Crippen LogP) is 0.852. The summed E-state index contributed by atoms with van der Waals surface area (Å²) in [7, 11) is 0. The van der Waals surface area contributed by atoms with Crippen LogP contribution in [0.1, 0.15) is 13.8 Å². The molecule has 14 heavy (non-hydrogen) atoms. The topological polar surface area (TPSA) is 46.6 Å². The number of morpholine rings is 1. The number of ether oxygens (including phenoxy) is 1. The number of carbonyl (C=O) groups is 2. The Morgan fingerprint density at radius 3 is 2.29 bits per heavy atom. The highest BCUT2D eigenvalue weighted by atomic mass is 16.5. The van der Waals surface area contributed by atoms with Crippen molar-refractivity contribution in [3.8, 4) is 0 Å². The van der Waals surface area contributed by atoms with Crippen molar-refractivity contribution in [3.63, 3.8) is 0 Å². The van der Waals surface area contributed by atoms with Gasteiger partial charge >= 0.3 is 0 Å². The third-order valence-corrected chi connectivity index (χ3v) is 1.84. The Hall–Kier alpha value is -1.42. The molecule has 1 saturated heterocycles. The number of amides is 2. The lowest BCUT2D eigenvalue weighted by molar-refractivity contribution is -0.155. The molecule has 1 rings (SSSR count). The largest absolute Gasteiger partial charge is 0.362 e. The van der Waals surface area contributed by atoms with Gasteiger partial charge in [-0.1, -0.05) is 12.2 Å². The fourth-order valence-corrected chi connectivity index (χ4v) is 1.25. The SMILES string of the molecule is C/C=C\C(=C/C)N1C(=O)COCC1=O. The molecule has 1 heterocycles. The maximum Gasteiger partial charge on any atom is 0.259 e. The van der Waals surface area contributed by atoms with Gasteiger partial charge < -0.3 is 4.74 Å². The summed E-state index contributed by atoms with van der Waals surface area (Å²) in [6.07, 6.45) is 5.23. The van der Waals surface area contributed by atoms with Crippen molar-refractivity contribution in [2.75, 3.05) is 13.2 Å². The molecule has 4 nitrogen and oxygen atoms in total. The van der Waals surface area contributed by atoms with Crippen LogP contribution < -0.4 is 0 Å². The number of nitrogens with zero attached hydrogens (tertiary/aromatic N) is 1. The van der Waals surface area contributed by atoms with Crippen LogP contribution in [-0.4, -0.2) is 29.9 Å². The number of hydrogen-bond acceptors (Lipinski definition) is 3. The van der Waals surface area contributed by atoms with Crippen molar-refractivity contribution < 1.29 is 14.3 Å². The summed E-state index contributed by atoms with van der Waals surface area (Å²) < 4.78 is 4.80. The van der Waals surface area contributed by atoms with Crippen LogP contribution in [-0.2, 0) is 14.3 Å². The summed E-state index contributed by atoms with van der Waals surface area (Å²) in [6, 6.07) is 0. The van der Waals surface area contributed by atoms with E-state index in [2.05, 4.69) is 0 Å². The van der Waals surface area contributed by atoms with E-state index in [1.807, 2.05) is 6.92 Å². The van der Waals surface area contributed by atoms with Crippen LogP contribution in [0.2, 0.25) is 0 Å². The Morgan fingerprint density at radius 1 is 1.29 bits per heavy atom. The van der Waals surface area contributed by atoms with Crippen molar-refractivity contribution in [2.45, 2.75) is 13.8 Å². The second-order valence-electron chi connectivity index (χ2n) is 2.83. The van der Waals surface area contributed by atoms with Crippen LogP contribution in [0.3, 0.4) is 0 Å². The lowest BCUT2D eigenvalue weighted by Crippen LogP contribution is -2.45. The van der Waals surface area contributed by atoms with E-state index in [0.717, 1.165) is 4.90 Å². The first kappa shape index (κ1) is 10.7. The molecular weight excluding hydrogens is 182 g/mol. The summed E-state index contributed by atoms with van der Waals surface area (Å²) in [5.41, 5.74) is 0.603. The molecule has 0 atom stereocenters. The minimum Gasteiger partial charge on any atom is -0.362 e. The van der Waals surface area contributed by atoms with Crippen LogP contribution in [0.5, 0.6) is 0 Å². The van der Waals surface area contributed by atoms with Gasteiger partial charge in [0.05, 0.1) is 0 Å². The fraction of sp³-hybridized carbons (Fsp3) is 0.400. The van der Waals surface area contributed by atoms with Crippen LogP contribution in [0, 0.1) is 0 Å². The van der Waals surface area contributed by atoms with E-state index in [1.54, 1.807) is 25.2 Å². The Labute approximate surface area is 82.8 Å². The second kappa shape index (κ2) is 4.72. The first-order valence-electron chi connectivity index (χ1n) is 4.43. The molecule has 0 aromatic rings. The van der Waals surface area contributed by atoms with Gasteiger partial charge in [0.2, 0.25) is 0 Å². The number of imide groups is 1. The minimum absolute atomic E-state index is 0.0271. The van der Waals surface area contributed by atoms with Crippen LogP contribution >= 0.6 is 0 Å². The van der Waals surface area contributed by atoms with E-state index in [1.165, 1.54) is 0 Å². The number of hydrogen-bond donors (Lipinski definition) is 0. The van der Waals surface area contributed by atoms with Gasteiger partial charge in [0, 0.05) is 5.70 Å². The zero-order chi connectivity index (χ0) is 10.6. The van der Waals surface area contributed by atoms with Crippen molar-refractivity contribution in [2.24, 2.45) is 0 Å². The van der Waals surface area contributed by atoms with E-state index in [0.29, 0.717) is 5.70 Å². The second-order valence-corrected chi connectivity index (χ2v) is 2.83. The zero-order valence-corrected chi connectivity index (χ0v) is 8.32. The molecular formula is C10H13NO3. The van der Waals surface area contributed by atoms with E-state index < -0.39 is 0 Å². The average Bonchev–Trinajstić information content (AvgIpc) is 2.16. The Kier molecular flexibility index (Phi) is 3.59. The van der Waals surface area contributed by atoms with Crippen LogP contribution in [0.15, 0.2) is 23.9 Å². The summed E-state index contributed by atoms with van der Waals surface area (Å²) >= 11 is 0. The number of allylic oxidation sites excluding steroid dienone is 3. The molecule has 0 bridgehead atoms. The molecule has 76 valence electrons. The third kappa shape index (κ3) is 2.09. The molecule has 0 radical (unpaired) electrons. The van der Waals surface area contributed by atoms with E-state index in [-0.39, 0.29) is 25.0 Å². The average molecular weight is 195 g/mol. The minimum atomic E-state index is -0.313. The monoisotopic (exact) mass is 195 g/mol. The highest BCUT2D eigenvalue weighted by molar-refractivity contribution is 6.00. The Morgan fingerprint density at radius 2 is 1.86 bits per heavy atom. The molecule has 0 aromatic heterocycles. The number of rotatable bonds is 2. The Balaban J connectivity index is 2.92. The number of carbonyl (C=O) groups excluding carboxylic acids is 2. The van der Waals surface area contributed by atoms with Crippen molar-refractivity contribution in [1.29, 1.82) is 0 Å². The molecule has 0 spiro atoms. The van der Waals surface area contributed by atoms with Gasteiger partial charge in [-0.05, 0) is 19.9 Å². The van der Waals surface area contributed by atoms with Crippen LogP contribution in [0.25, 0.3) is 0 Å². The van der Waals surface area contributed by atoms with Gasteiger partial charge in [0.15, 0.2) is 0 Å². The van der Waals surface area contributed by atoms with Gasteiger partial charge in [-0.3, -0.25) is 9.59 Å². The fourth-order valence-electron chi connectivity index (χ4n) is 1.25. The van der Waals surface area contributed by atoms with Crippen molar-refractivity contribution in [3.05, 3.63) is 23.9 Å². The summed E-state index contributed by atoms with van der Waals surface area (Å²) in [5.74, 6) is -0.625. The molecule has 0 N–H and O–H groups in total. The summed E-state index contributed by atoms with van der Waals surface area (Å²) in [4.78, 5) is 23.9. The molecule has 1 aliphatic heterocycles. The normalized spacial score (nSPS) is 19.6. The lowest BCUT2D eigenvalue weighted by Gasteiger charge is -2.25. The molecule has 0 aromatic carbocycles. The van der Waals surface area contributed by atoms with Gasteiger partial charge in [0.25, 0.3) is 11.8 Å². The standard InChI is InChI=1S/C10H13NO3/c1-3-5-8(4-2)11-9(12)6-14-7-10(11)13/h3-5H,6-7H2,1-2H3/b5-3-,8-4+. The van der Waals surface area contributed by atoms with Gasteiger partial charge in [0.1, 0.15) is 13.2 Å². The molecule has 0 saturated carbocycles. The molecule has 1 aliphatic rings. The van der Waals surface area contributed by atoms with Crippen LogP contribution in [0.4, 0.5) is 0 Å². The van der Waals surface area contributed by atoms with E-state index in [9.17, 15) is 9.59 Å². The first-order valence-corrected chi connectivity index (χ1v) is 4.43. The smallest absolute Gasteiger partial charge is 0.259 e. The van der Waals surface area contributed by atoms with Crippen molar-refractivity contribution >= 4 is 11.8 Å². The molecule has 0 unspecified atom stereocenters. The molecule has 0 aliphatic carbocycles. The van der Waals surface area contributed by atoms with E-state index >= 15 is 0 Å². The Bertz CT molecular complexity index is 288. The molecule has 4 heteroatoms. The lowest BCUT2D eigenvalue weighted by atomic mass is 10.3. The highest BCUT2D eigenvalue weighted by Crippen LogP contribution is 2.11. The van der Waals surface area contributed by atoms with Gasteiger partial charge in [-0.2, -0.15) is 0 Å². The van der Waals surface area contributed by atoms with E-state index in [4.69, 9.17) is 4.74 Å². The maximum atomic E-state index is 11.4. The van der Waals surface area contributed by atoms with Crippen molar-refractivity contribution in [1.82, 2.24) is 4.90 Å². The quantitative estimate of drug-likeness (QED) is 0.485. The summed E-state index contributed by atoms with van der Waals surface area (Å²) in [5, 5.41) is 0. The maximum absolute atomic E-state index is 11.4. The first-order chi connectivity index (χ1) is 6.70. The summed E-state index contributed by atoms with van der Waals surface area (Å²) in [6.45, 7) is 3.56.